The van der Waals surface area contributed by atoms with Crippen LogP contribution in [0.2, 0.25) is 0 Å². The van der Waals surface area contributed by atoms with E-state index in [2.05, 4.69) is 13.8 Å². The molecule has 0 spiro atoms. The van der Waals surface area contributed by atoms with E-state index in [0.717, 1.165) is 37.4 Å². The first-order chi connectivity index (χ1) is 9.00. The van der Waals surface area contributed by atoms with Crippen LogP contribution in [0.4, 0.5) is 0 Å². The van der Waals surface area contributed by atoms with Crippen LogP contribution < -0.4 is 0 Å². The molecule has 0 aliphatic carbocycles. The molecule has 1 N–H and O–H groups in total. The highest BCUT2D eigenvalue weighted by Crippen LogP contribution is 2.28. The molecule has 0 unspecified atom stereocenters. The molecule has 1 aliphatic heterocycles. The van der Waals surface area contributed by atoms with Gasteiger partial charge in [-0.2, -0.15) is 0 Å². The third-order valence-electron chi connectivity index (χ3n) is 4.24. The van der Waals surface area contributed by atoms with Gasteiger partial charge in [-0.3, -0.25) is 4.79 Å². The van der Waals surface area contributed by atoms with E-state index in [1.165, 1.54) is 0 Å². The Morgan fingerprint density at radius 2 is 1.95 bits per heavy atom. The summed E-state index contributed by atoms with van der Waals surface area (Å²) in [4.78, 5) is 14.3. The second-order valence-electron chi connectivity index (χ2n) is 5.84. The molecule has 0 saturated carbocycles. The van der Waals surface area contributed by atoms with E-state index in [9.17, 15) is 9.90 Å². The lowest BCUT2D eigenvalue weighted by atomic mass is 9.86. The fraction of sp³-hybridized carbons (Fsp3) is 0.562. The highest BCUT2D eigenvalue weighted by Gasteiger charge is 2.26. The van der Waals surface area contributed by atoms with Crippen molar-refractivity contribution in [2.24, 2.45) is 11.8 Å². The van der Waals surface area contributed by atoms with Crippen LogP contribution in [0.3, 0.4) is 0 Å². The lowest BCUT2D eigenvalue weighted by Gasteiger charge is -2.34. The average Bonchev–Trinajstić information content (AvgIpc) is 2.41. The van der Waals surface area contributed by atoms with Crippen molar-refractivity contribution in [3.05, 3.63) is 29.3 Å². The summed E-state index contributed by atoms with van der Waals surface area (Å²) in [6.45, 7) is 7.91. The van der Waals surface area contributed by atoms with E-state index in [-0.39, 0.29) is 11.7 Å². The quantitative estimate of drug-likeness (QED) is 0.888. The number of phenols is 1. The molecular weight excluding hydrogens is 238 g/mol. The predicted octanol–water partition coefficient (Wildman–Crippen LogP) is 3.21. The predicted molar refractivity (Wildman–Crippen MR) is 76.3 cm³/mol. The Hall–Kier alpha value is -1.51. The van der Waals surface area contributed by atoms with Crippen molar-refractivity contribution in [3.63, 3.8) is 0 Å². The SMILES string of the molecule is Cc1cccc(C(=O)N2CCC(C(C)C)CC2)c1O. The number of amides is 1. The van der Waals surface area contributed by atoms with Crippen LogP contribution in [0.1, 0.15) is 42.6 Å². The zero-order valence-corrected chi connectivity index (χ0v) is 12.0. The van der Waals surface area contributed by atoms with Gasteiger partial charge in [0.25, 0.3) is 5.91 Å². The normalized spacial score (nSPS) is 16.9. The summed E-state index contributed by atoms with van der Waals surface area (Å²) in [5.74, 6) is 1.49. The number of carbonyl (C=O) groups is 1. The molecule has 104 valence electrons. The highest BCUT2D eigenvalue weighted by molar-refractivity contribution is 5.97. The molecule has 0 bridgehead atoms. The number of hydrogen-bond donors (Lipinski definition) is 1. The van der Waals surface area contributed by atoms with Gasteiger partial charge < -0.3 is 10.0 Å². The van der Waals surface area contributed by atoms with Crippen LogP contribution in [-0.4, -0.2) is 29.0 Å². The van der Waals surface area contributed by atoms with Crippen LogP contribution in [0.15, 0.2) is 18.2 Å². The fourth-order valence-corrected chi connectivity index (χ4v) is 2.77. The number of para-hydroxylation sites is 1. The average molecular weight is 261 g/mol. The molecule has 1 fully saturated rings. The van der Waals surface area contributed by atoms with Crippen molar-refractivity contribution in [2.45, 2.75) is 33.6 Å². The van der Waals surface area contributed by atoms with Gasteiger partial charge >= 0.3 is 0 Å². The van der Waals surface area contributed by atoms with E-state index in [4.69, 9.17) is 0 Å². The molecule has 1 heterocycles. The van der Waals surface area contributed by atoms with E-state index >= 15 is 0 Å². The van der Waals surface area contributed by atoms with Gasteiger partial charge in [0.15, 0.2) is 0 Å². The smallest absolute Gasteiger partial charge is 0.257 e. The number of nitrogens with zero attached hydrogens (tertiary/aromatic N) is 1. The second-order valence-corrected chi connectivity index (χ2v) is 5.84. The monoisotopic (exact) mass is 261 g/mol. The number of aryl methyl sites for hydroxylation is 1. The van der Waals surface area contributed by atoms with Gasteiger partial charge in [0.2, 0.25) is 0 Å². The zero-order chi connectivity index (χ0) is 14.0. The van der Waals surface area contributed by atoms with Crippen molar-refractivity contribution in [3.8, 4) is 5.75 Å². The molecule has 1 aromatic rings. The van der Waals surface area contributed by atoms with Gasteiger partial charge in [0, 0.05) is 13.1 Å². The molecular formula is C16H23NO2. The van der Waals surface area contributed by atoms with E-state index in [1.807, 2.05) is 24.0 Å². The number of phenolic OH excluding ortho intramolecular Hbond substituents is 1. The number of likely N-dealkylation sites (tertiary alicyclic amines) is 1. The van der Waals surface area contributed by atoms with Crippen LogP contribution in [0, 0.1) is 18.8 Å². The van der Waals surface area contributed by atoms with Crippen LogP contribution in [-0.2, 0) is 0 Å². The minimum atomic E-state index is -0.0385. The maximum absolute atomic E-state index is 12.4. The molecule has 0 aromatic heterocycles. The summed E-state index contributed by atoms with van der Waals surface area (Å²) in [6, 6.07) is 5.35. The largest absolute Gasteiger partial charge is 0.507 e. The van der Waals surface area contributed by atoms with Crippen molar-refractivity contribution < 1.29 is 9.90 Å². The summed E-state index contributed by atoms with van der Waals surface area (Å²) < 4.78 is 0. The zero-order valence-electron chi connectivity index (χ0n) is 12.0. The molecule has 2 rings (SSSR count). The van der Waals surface area contributed by atoms with Gasteiger partial charge in [-0.25, -0.2) is 0 Å². The molecule has 1 aliphatic rings. The number of aromatic hydroxyl groups is 1. The Balaban J connectivity index is 2.07. The van der Waals surface area contributed by atoms with E-state index < -0.39 is 0 Å². The Morgan fingerprint density at radius 3 is 2.53 bits per heavy atom. The number of carbonyl (C=O) groups excluding carboxylic acids is 1. The van der Waals surface area contributed by atoms with Crippen molar-refractivity contribution in [1.29, 1.82) is 0 Å². The third kappa shape index (κ3) is 2.91. The Kier molecular flexibility index (Phi) is 4.13. The molecule has 1 saturated heterocycles. The number of hydrogen-bond acceptors (Lipinski definition) is 2. The van der Waals surface area contributed by atoms with Crippen molar-refractivity contribution in [2.75, 3.05) is 13.1 Å². The van der Waals surface area contributed by atoms with Gasteiger partial charge in [0.1, 0.15) is 5.75 Å². The van der Waals surface area contributed by atoms with Gasteiger partial charge in [0.05, 0.1) is 5.56 Å². The molecule has 3 nitrogen and oxygen atoms in total. The minimum Gasteiger partial charge on any atom is -0.507 e. The summed E-state index contributed by atoms with van der Waals surface area (Å²) in [5, 5.41) is 9.99. The molecule has 0 atom stereocenters. The summed E-state index contributed by atoms with van der Waals surface area (Å²) in [5.41, 5.74) is 1.19. The summed E-state index contributed by atoms with van der Waals surface area (Å²) >= 11 is 0. The van der Waals surface area contributed by atoms with E-state index in [1.54, 1.807) is 6.07 Å². The van der Waals surface area contributed by atoms with Crippen LogP contribution in [0.5, 0.6) is 5.75 Å². The Labute approximate surface area is 115 Å². The highest BCUT2D eigenvalue weighted by atomic mass is 16.3. The number of rotatable bonds is 2. The molecule has 19 heavy (non-hydrogen) atoms. The molecule has 1 aromatic carbocycles. The Morgan fingerprint density at radius 1 is 1.32 bits per heavy atom. The number of piperidine rings is 1. The topological polar surface area (TPSA) is 40.5 Å². The lowest BCUT2D eigenvalue weighted by molar-refractivity contribution is 0.0664. The first kappa shape index (κ1) is 13.9. The first-order valence-corrected chi connectivity index (χ1v) is 7.08. The maximum Gasteiger partial charge on any atom is 0.257 e. The summed E-state index contributed by atoms with van der Waals surface area (Å²) in [7, 11) is 0. The van der Waals surface area contributed by atoms with Gasteiger partial charge in [-0.15, -0.1) is 0 Å². The third-order valence-corrected chi connectivity index (χ3v) is 4.24. The first-order valence-electron chi connectivity index (χ1n) is 7.08. The van der Waals surface area contributed by atoms with Crippen LogP contribution in [0.25, 0.3) is 0 Å². The van der Waals surface area contributed by atoms with Gasteiger partial charge in [-0.1, -0.05) is 26.0 Å². The fourth-order valence-electron chi connectivity index (χ4n) is 2.77. The molecule has 1 amide bonds. The summed E-state index contributed by atoms with van der Waals surface area (Å²) in [6.07, 6.45) is 2.13. The Bertz CT molecular complexity index is 460. The van der Waals surface area contributed by atoms with E-state index in [0.29, 0.717) is 11.5 Å². The van der Waals surface area contributed by atoms with Crippen molar-refractivity contribution >= 4 is 5.91 Å². The standard InChI is InChI=1S/C16H23NO2/c1-11(2)13-7-9-17(10-8-13)16(19)14-6-4-5-12(3)15(14)18/h4-6,11,13,18H,7-10H2,1-3H3. The van der Waals surface area contributed by atoms with Crippen LogP contribution >= 0.6 is 0 Å². The number of benzene rings is 1. The van der Waals surface area contributed by atoms with Crippen molar-refractivity contribution in [1.82, 2.24) is 4.90 Å². The maximum atomic E-state index is 12.4. The van der Waals surface area contributed by atoms with Gasteiger partial charge in [-0.05, 0) is 43.2 Å². The molecule has 0 radical (unpaired) electrons. The second kappa shape index (κ2) is 5.64. The lowest BCUT2D eigenvalue weighted by Crippen LogP contribution is -2.39. The molecule has 3 heteroatoms. The minimum absolute atomic E-state index is 0.0385.